The number of aryl methyl sites for hydroxylation is 1. The Morgan fingerprint density at radius 2 is 1.83 bits per heavy atom. The summed E-state index contributed by atoms with van der Waals surface area (Å²) < 4.78 is 40.7. The third-order valence-corrected chi connectivity index (χ3v) is 15.0. The summed E-state index contributed by atoms with van der Waals surface area (Å²) >= 11 is 7.70. The number of carbonyl (C=O) groups is 3. The Balaban J connectivity index is 1.15. The van der Waals surface area contributed by atoms with Gasteiger partial charge in [0, 0.05) is 45.4 Å². The number of sulfonamides is 1. The van der Waals surface area contributed by atoms with Gasteiger partial charge in [-0.25, -0.2) is 18.4 Å². The number of amides is 3. The Morgan fingerprint density at radius 1 is 1.05 bits per heavy atom. The summed E-state index contributed by atoms with van der Waals surface area (Å²) in [6, 6.07) is 11.0. The zero-order valence-electron chi connectivity index (χ0n) is 34.2. The van der Waals surface area contributed by atoms with Crippen LogP contribution < -0.4 is 24.8 Å². The van der Waals surface area contributed by atoms with Gasteiger partial charge in [-0.1, -0.05) is 50.4 Å². The molecule has 0 spiro atoms. The van der Waals surface area contributed by atoms with E-state index < -0.39 is 56.7 Å². The first-order valence-corrected chi connectivity index (χ1v) is 23.5. The van der Waals surface area contributed by atoms with Gasteiger partial charge in [0.15, 0.2) is 0 Å². The summed E-state index contributed by atoms with van der Waals surface area (Å²) in [5.41, 5.74) is 2.33. The molecule has 3 N–H and O–H groups in total. The number of nitrogens with one attached hydrogen (secondary N) is 3. The van der Waals surface area contributed by atoms with Gasteiger partial charge in [0.1, 0.15) is 45.9 Å². The van der Waals surface area contributed by atoms with Gasteiger partial charge in [-0.2, -0.15) is 0 Å². The lowest BCUT2D eigenvalue weighted by molar-refractivity contribution is -0.140. The van der Waals surface area contributed by atoms with E-state index in [2.05, 4.69) is 29.2 Å². The molecule has 3 amide bonds. The molecule has 2 saturated carbocycles. The van der Waals surface area contributed by atoms with Gasteiger partial charge in [0.25, 0.3) is 5.91 Å². The summed E-state index contributed by atoms with van der Waals surface area (Å²) in [5.74, 6) is -0.561. The topological polar surface area (TPSA) is 169 Å². The van der Waals surface area contributed by atoms with E-state index in [0.717, 1.165) is 47.3 Å². The summed E-state index contributed by atoms with van der Waals surface area (Å²) in [5, 5.41) is 9.84. The van der Waals surface area contributed by atoms with E-state index in [1.807, 2.05) is 54.8 Å². The number of benzene rings is 2. The maximum atomic E-state index is 14.9. The number of pyridine rings is 1. The normalized spacial score (nSPS) is 25.4. The number of carbonyl (C=O) groups excluding carboxylic acids is 3. The molecule has 0 bridgehead atoms. The first-order chi connectivity index (χ1) is 28.8. The van der Waals surface area contributed by atoms with Crippen LogP contribution in [0.2, 0.25) is 5.02 Å². The van der Waals surface area contributed by atoms with Crippen LogP contribution >= 0.6 is 22.9 Å². The van der Waals surface area contributed by atoms with Gasteiger partial charge in [-0.15, -0.1) is 11.3 Å². The molecule has 3 fully saturated rings. The lowest BCUT2D eigenvalue weighted by atomic mass is 10.0. The standard InChI is InChI=1S/C44H51ClN6O7S2/c1-25(2)35-24-59-41(48-35)34-21-38(32-18-19-37(57-4)26(3)39(32)47-34)58-30-20-36-40(52)49-44(43(54)50-60(55,56)31-16-17-31)22-27(44)10-8-6-5-7-9-11-33(42(53)51(36)23-30)46-29-14-12-28(45)13-15-29/h8,10,12-15,18-19,21,24-25,27,30-31,33,36,46H,5-7,9,11,16-17,20,22-23H2,1-4H3,(H,49,52)(H,50,54)/b10-8-/t27-,30-,33+,36+,44-/m1/s1. The number of aromatic nitrogens is 2. The number of ether oxygens (including phenoxy) is 2. The third kappa shape index (κ3) is 8.71. The number of thiazole rings is 1. The first-order valence-electron chi connectivity index (χ1n) is 20.7. The molecule has 2 aromatic heterocycles. The van der Waals surface area contributed by atoms with E-state index in [1.165, 1.54) is 11.3 Å². The van der Waals surface area contributed by atoms with Gasteiger partial charge in [-0.05, 0) is 87.8 Å². The number of rotatable bonds is 10. The van der Waals surface area contributed by atoms with Crippen LogP contribution in [0.4, 0.5) is 5.69 Å². The minimum atomic E-state index is -3.88. The van der Waals surface area contributed by atoms with E-state index in [4.69, 9.17) is 31.0 Å². The number of allylic oxidation sites excluding steroid dienone is 1. The molecule has 4 aromatic rings. The van der Waals surface area contributed by atoms with E-state index in [9.17, 15) is 22.8 Å². The average Bonchev–Trinajstić information content (AvgIpc) is 4.10. The van der Waals surface area contributed by atoms with Crippen molar-refractivity contribution in [1.29, 1.82) is 0 Å². The number of fused-ring (bicyclic) bond motifs is 3. The molecule has 0 radical (unpaired) electrons. The zero-order valence-corrected chi connectivity index (χ0v) is 36.6. The fourth-order valence-electron chi connectivity index (χ4n) is 8.25. The lowest BCUT2D eigenvalue weighted by Gasteiger charge is -2.30. The molecule has 8 rings (SSSR count). The van der Waals surface area contributed by atoms with Crippen LogP contribution in [0.15, 0.2) is 60.0 Å². The third-order valence-electron chi connectivity index (χ3n) is 12.0. The largest absolute Gasteiger partial charge is 0.496 e. The molecule has 4 aliphatic rings. The Hall–Kier alpha value is -4.73. The highest BCUT2D eigenvalue weighted by molar-refractivity contribution is 7.91. The number of hydrogen-bond donors (Lipinski definition) is 3. The zero-order chi connectivity index (χ0) is 42.3. The highest BCUT2D eigenvalue weighted by atomic mass is 35.5. The van der Waals surface area contributed by atoms with Crippen LogP contribution in [0.3, 0.4) is 0 Å². The number of nitrogens with zero attached hydrogens (tertiary/aromatic N) is 3. The smallest absolute Gasteiger partial charge is 0.259 e. The van der Waals surface area contributed by atoms with E-state index in [0.29, 0.717) is 52.7 Å². The predicted molar refractivity (Wildman–Crippen MR) is 233 cm³/mol. The van der Waals surface area contributed by atoms with Gasteiger partial charge in [-0.3, -0.25) is 19.1 Å². The van der Waals surface area contributed by atoms with Crippen molar-refractivity contribution < 1.29 is 32.3 Å². The lowest BCUT2D eigenvalue weighted by Crippen LogP contribution is -2.57. The molecule has 13 nitrogen and oxygen atoms in total. The molecule has 0 unspecified atom stereocenters. The quantitative estimate of drug-likeness (QED) is 0.138. The summed E-state index contributed by atoms with van der Waals surface area (Å²) in [4.78, 5) is 54.9. The average molecular weight is 876 g/mol. The van der Waals surface area contributed by atoms with Crippen LogP contribution in [0.25, 0.3) is 21.6 Å². The molecule has 16 heteroatoms. The van der Waals surface area contributed by atoms with Crippen molar-refractivity contribution in [3.05, 3.63) is 76.3 Å². The van der Waals surface area contributed by atoms with Crippen molar-refractivity contribution in [3.63, 3.8) is 0 Å². The molecule has 4 heterocycles. The fraction of sp³-hybridized carbons (Fsp3) is 0.477. The number of halogens is 1. The maximum absolute atomic E-state index is 14.9. The van der Waals surface area contributed by atoms with Gasteiger partial charge < -0.3 is 25.0 Å². The fourth-order valence-corrected chi connectivity index (χ4v) is 10.7. The Labute approximate surface area is 359 Å². The monoisotopic (exact) mass is 874 g/mol. The number of hydrogen-bond acceptors (Lipinski definition) is 11. The van der Waals surface area contributed by atoms with Crippen molar-refractivity contribution >= 4 is 67.3 Å². The molecule has 2 aliphatic carbocycles. The summed E-state index contributed by atoms with van der Waals surface area (Å²) in [6.45, 7) is 6.20. The Morgan fingerprint density at radius 3 is 2.55 bits per heavy atom. The van der Waals surface area contributed by atoms with E-state index >= 15 is 0 Å². The highest BCUT2D eigenvalue weighted by Gasteiger charge is 2.62. The molecule has 2 aliphatic heterocycles. The second-order valence-electron chi connectivity index (χ2n) is 16.7. The molecule has 2 aromatic carbocycles. The molecular formula is C44H51ClN6O7S2. The van der Waals surface area contributed by atoms with Crippen LogP contribution in [0.5, 0.6) is 11.5 Å². The Kier molecular flexibility index (Phi) is 11.9. The minimum absolute atomic E-state index is 0.0807. The van der Waals surface area contributed by atoms with Crippen LogP contribution in [0.1, 0.15) is 88.8 Å². The van der Waals surface area contributed by atoms with Crippen LogP contribution in [-0.2, 0) is 24.4 Å². The Bertz CT molecular complexity index is 2440. The van der Waals surface area contributed by atoms with Crippen molar-refractivity contribution in [2.24, 2.45) is 5.92 Å². The van der Waals surface area contributed by atoms with E-state index in [1.54, 1.807) is 24.1 Å². The summed E-state index contributed by atoms with van der Waals surface area (Å²) in [7, 11) is -2.27. The highest BCUT2D eigenvalue weighted by Crippen LogP contribution is 2.46. The SMILES string of the molecule is COc1ccc2c(O[C@@H]3C[C@H]4C(=O)N[C@]5(C(=O)NS(=O)(=O)C6CC6)C[C@H]5/C=C\CCCCC[C@H](Nc5ccc(Cl)cc5)C(=O)N4C3)cc(-c3nc(C(C)C)cs3)nc2c1C. The molecule has 318 valence electrons. The molecule has 5 atom stereocenters. The van der Waals surface area contributed by atoms with Crippen molar-refractivity contribution in [2.75, 3.05) is 19.0 Å². The van der Waals surface area contributed by atoms with Crippen molar-refractivity contribution in [2.45, 2.75) is 113 Å². The predicted octanol–water partition coefficient (Wildman–Crippen LogP) is 7.28. The maximum Gasteiger partial charge on any atom is 0.259 e. The van der Waals surface area contributed by atoms with Crippen LogP contribution in [-0.4, -0.2) is 83.6 Å². The van der Waals surface area contributed by atoms with E-state index in [-0.39, 0.29) is 31.2 Å². The van der Waals surface area contributed by atoms with Crippen LogP contribution in [0, 0.1) is 12.8 Å². The van der Waals surface area contributed by atoms with Gasteiger partial charge >= 0.3 is 0 Å². The molecule has 60 heavy (non-hydrogen) atoms. The van der Waals surface area contributed by atoms with Gasteiger partial charge in [0.2, 0.25) is 21.8 Å². The first kappa shape index (κ1) is 42.0. The molecular weight excluding hydrogens is 824 g/mol. The second kappa shape index (κ2) is 17.0. The number of methoxy groups -OCH3 is 1. The minimum Gasteiger partial charge on any atom is -0.496 e. The molecule has 1 saturated heterocycles. The number of anilines is 1. The summed E-state index contributed by atoms with van der Waals surface area (Å²) in [6.07, 6.45) is 8.35. The van der Waals surface area contributed by atoms with Crippen molar-refractivity contribution in [3.8, 4) is 22.2 Å². The van der Waals surface area contributed by atoms with Gasteiger partial charge in [0.05, 0.1) is 30.1 Å². The van der Waals surface area contributed by atoms with Crippen molar-refractivity contribution in [1.82, 2.24) is 24.9 Å². The second-order valence-corrected chi connectivity index (χ2v) is 20.0.